The molecule has 0 aliphatic rings. The second kappa shape index (κ2) is 5.69. The molecule has 1 aromatic rings. The van der Waals surface area contributed by atoms with Crippen molar-refractivity contribution in [3.8, 4) is 0 Å². The molecule has 1 rings (SSSR count). The summed E-state index contributed by atoms with van der Waals surface area (Å²) in [5.74, 6) is -2.04. The lowest BCUT2D eigenvalue weighted by Crippen LogP contribution is -2.10. The summed E-state index contributed by atoms with van der Waals surface area (Å²) < 4.78 is 0. The van der Waals surface area contributed by atoms with E-state index in [1.807, 2.05) is 0 Å². The molecule has 0 fully saturated rings. The van der Waals surface area contributed by atoms with E-state index in [1.165, 1.54) is 24.5 Å². The fraction of sp³-hybridized carbons (Fsp3) is 0.167. The summed E-state index contributed by atoms with van der Waals surface area (Å²) in [5.41, 5.74) is 0.629. The van der Waals surface area contributed by atoms with Crippen LogP contribution in [-0.4, -0.2) is 17.0 Å². The predicted molar refractivity (Wildman–Crippen MR) is 59.3 cm³/mol. The molecule has 0 saturated carbocycles. The van der Waals surface area contributed by atoms with Crippen molar-refractivity contribution in [2.24, 2.45) is 0 Å². The number of benzene rings is 1. The number of aromatic carboxylic acids is 1. The number of carbonyl (C=O) groups excluding carboxylic acids is 1. The topological polar surface area (TPSA) is 72.8 Å². The van der Waals surface area contributed by atoms with Crippen LogP contribution in [0.4, 0.5) is 0 Å². The summed E-state index contributed by atoms with van der Waals surface area (Å²) >= 11 is 0. The highest BCUT2D eigenvalue weighted by Crippen LogP contribution is 2.10. The SMILES string of the molecule is CC(C)=COOC(=O)c1ccccc1C(=O)O. The molecule has 0 aliphatic carbocycles. The number of hydrogen-bond acceptors (Lipinski definition) is 4. The molecule has 0 unspecified atom stereocenters. The molecule has 0 radical (unpaired) electrons. The molecule has 0 saturated heterocycles. The van der Waals surface area contributed by atoms with Gasteiger partial charge in [0.1, 0.15) is 6.26 Å². The summed E-state index contributed by atoms with van der Waals surface area (Å²) in [4.78, 5) is 31.4. The van der Waals surface area contributed by atoms with Crippen molar-refractivity contribution in [1.82, 2.24) is 0 Å². The Labute approximate surface area is 98.2 Å². The van der Waals surface area contributed by atoms with Crippen molar-refractivity contribution < 1.29 is 24.5 Å². The fourth-order valence-corrected chi connectivity index (χ4v) is 1.06. The van der Waals surface area contributed by atoms with Gasteiger partial charge in [0.2, 0.25) is 0 Å². The van der Waals surface area contributed by atoms with Crippen molar-refractivity contribution in [3.63, 3.8) is 0 Å². The van der Waals surface area contributed by atoms with Crippen molar-refractivity contribution in [2.45, 2.75) is 13.8 Å². The van der Waals surface area contributed by atoms with Crippen LogP contribution >= 0.6 is 0 Å². The van der Waals surface area contributed by atoms with Crippen molar-refractivity contribution in [1.29, 1.82) is 0 Å². The Morgan fingerprint density at radius 1 is 1.18 bits per heavy atom. The Hall–Kier alpha value is -2.30. The maximum Gasteiger partial charge on any atom is 0.387 e. The second-order valence-corrected chi connectivity index (χ2v) is 3.51. The van der Waals surface area contributed by atoms with Gasteiger partial charge in [0.05, 0.1) is 11.1 Å². The summed E-state index contributed by atoms with van der Waals surface area (Å²) in [6.45, 7) is 3.53. The number of carboxylic acids is 1. The van der Waals surface area contributed by atoms with Gasteiger partial charge in [0.25, 0.3) is 0 Å². The summed E-state index contributed by atoms with van der Waals surface area (Å²) in [7, 11) is 0. The molecule has 5 nitrogen and oxygen atoms in total. The van der Waals surface area contributed by atoms with Crippen LogP contribution in [0.3, 0.4) is 0 Å². The molecule has 5 heteroatoms. The average molecular weight is 236 g/mol. The molecule has 0 bridgehead atoms. The van der Waals surface area contributed by atoms with Gasteiger partial charge in [-0.2, -0.15) is 0 Å². The van der Waals surface area contributed by atoms with E-state index in [2.05, 4.69) is 9.78 Å². The lowest BCUT2D eigenvalue weighted by Gasteiger charge is -2.04. The molecule has 0 aliphatic heterocycles. The van der Waals surface area contributed by atoms with Crippen LogP contribution in [0.5, 0.6) is 0 Å². The fourth-order valence-electron chi connectivity index (χ4n) is 1.06. The number of carbonyl (C=O) groups is 2. The largest absolute Gasteiger partial charge is 0.478 e. The highest BCUT2D eigenvalue weighted by Gasteiger charge is 2.17. The molecular formula is C12H12O5. The maximum atomic E-state index is 11.5. The van der Waals surface area contributed by atoms with Gasteiger partial charge >= 0.3 is 11.9 Å². The third-order valence-corrected chi connectivity index (χ3v) is 1.79. The smallest absolute Gasteiger partial charge is 0.387 e. The lowest BCUT2D eigenvalue weighted by atomic mass is 10.1. The van der Waals surface area contributed by atoms with E-state index in [0.29, 0.717) is 0 Å². The number of carboxylic acid groups (broad SMARTS) is 1. The summed E-state index contributed by atoms with van der Waals surface area (Å²) in [6, 6.07) is 5.75. The Bertz CT molecular complexity index is 458. The zero-order valence-corrected chi connectivity index (χ0v) is 9.47. The van der Waals surface area contributed by atoms with Crippen LogP contribution in [0.15, 0.2) is 36.1 Å². The third-order valence-electron chi connectivity index (χ3n) is 1.79. The standard InChI is InChI=1S/C12H12O5/c1-8(2)7-16-17-12(15)10-6-4-3-5-9(10)11(13)14/h3-7H,1-2H3,(H,13,14). The van der Waals surface area contributed by atoms with Gasteiger partial charge in [-0.15, -0.1) is 0 Å². The summed E-state index contributed by atoms with van der Waals surface area (Å²) in [5, 5.41) is 8.87. The van der Waals surface area contributed by atoms with Crippen molar-refractivity contribution >= 4 is 11.9 Å². The Balaban J connectivity index is 2.82. The van der Waals surface area contributed by atoms with Crippen molar-refractivity contribution in [2.75, 3.05) is 0 Å². The second-order valence-electron chi connectivity index (χ2n) is 3.51. The van der Waals surface area contributed by atoms with Crippen LogP contribution in [0.1, 0.15) is 34.6 Å². The normalized spacial score (nSPS) is 9.29. The molecule has 90 valence electrons. The average Bonchev–Trinajstić information content (AvgIpc) is 2.28. The monoisotopic (exact) mass is 236 g/mol. The van der Waals surface area contributed by atoms with Crippen LogP contribution in [0.2, 0.25) is 0 Å². The van der Waals surface area contributed by atoms with E-state index in [9.17, 15) is 9.59 Å². The van der Waals surface area contributed by atoms with E-state index in [-0.39, 0.29) is 11.1 Å². The molecule has 1 aromatic carbocycles. The Kier molecular flexibility index (Phi) is 4.28. The summed E-state index contributed by atoms with van der Waals surface area (Å²) in [6.07, 6.45) is 1.25. The van der Waals surface area contributed by atoms with E-state index in [1.54, 1.807) is 19.9 Å². The predicted octanol–water partition coefficient (Wildman–Crippen LogP) is 2.40. The van der Waals surface area contributed by atoms with Crippen molar-refractivity contribution in [3.05, 3.63) is 47.2 Å². The number of rotatable bonds is 4. The van der Waals surface area contributed by atoms with Gasteiger partial charge in [-0.25, -0.2) is 14.5 Å². The number of hydrogen-bond donors (Lipinski definition) is 1. The van der Waals surface area contributed by atoms with E-state index >= 15 is 0 Å². The van der Waals surface area contributed by atoms with Gasteiger partial charge in [-0.1, -0.05) is 12.1 Å². The molecule has 1 N–H and O–H groups in total. The zero-order chi connectivity index (χ0) is 12.8. The minimum atomic E-state index is -1.19. The van der Waals surface area contributed by atoms with Crippen LogP contribution in [-0.2, 0) is 9.78 Å². The minimum absolute atomic E-state index is 0.0536. The van der Waals surface area contributed by atoms with Gasteiger partial charge in [0.15, 0.2) is 0 Å². The van der Waals surface area contributed by atoms with E-state index in [4.69, 9.17) is 5.11 Å². The van der Waals surface area contributed by atoms with E-state index < -0.39 is 11.9 Å². The van der Waals surface area contributed by atoms with Crippen LogP contribution in [0.25, 0.3) is 0 Å². The first-order valence-electron chi connectivity index (χ1n) is 4.85. The van der Waals surface area contributed by atoms with Gasteiger partial charge < -0.3 is 5.11 Å². The first kappa shape index (κ1) is 12.8. The molecule has 0 amide bonds. The highest BCUT2D eigenvalue weighted by atomic mass is 17.2. The molecule has 0 spiro atoms. The highest BCUT2D eigenvalue weighted by molar-refractivity contribution is 6.02. The Morgan fingerprint density at radius 2 is 1.76 bits per heavy atom. The molecule has 0 aromatic heterocycles. The maximum absolute atomic E-state index is 11.5. The molecule has 17 heavy (non-hydrogen) atoms. The van der Waals surface area contributed by atoms with Crippen LogP contribution in [0, 0.1) is 0 Å². The number of allylic oxidation sites excluding steroid dienone is 1. The molecule has 0 heterocycles. The van der Waals surface area contributed by atoms with Gasteiger partial charge in [-0.05, 0) is 31.6 Å². The Morgan fingerprint density at radius 3 is 2.29 bits per heavy atom. The van der Waals surface area contributed by atoms with Gasteiger partial charge in [-0.3, -0.25) is 4.89 Å². The first-order valence-corrected chi connectivity index (χ1v) is 4.85. The lowest BCUT2D eigenvalue weighted by molar-refractivity contribution is -0.192. The first-order chi connectivity index (χ1) is 8.02. The van der Waals surface area contributed by atoms with Gasteiger partial charge in [0, 0.05) is 0 Å². The molecule has 0 atom stereocenters. The quantitative estimate of drug-likeness (QED) is 0.493. The van der Waals surface area contributed by atoms with E-state index in [0.717, 1.165) is 5.57 Å². The minimum Gasteiger partial charge on any atom is -0.478 e. The molecular weight excluding hydrogens is 224 g/mol. The zero-order valence-electron chi connectivity index (χ0n) is 9.47. The van der Waals surface area contributed by atoms with Crippen LogP contribution < -0.4 is 0 Å². The third kappa shape index (κ3) is 3.64.